The highest BCUT2D eigenvalue weighted by molar-refractivity contribution is 5.76. The van der Waals surface area contributed by atoms with Crippen LogP contribution in [0.1, 0.15) is 412 Å². The largest absolute Gasteiger partial charge is 0.466 e. The van der Waals surface area contributed by atoms with Crippen molar-refractivity contribution in [3.8, 4) is 0 Å². The normalized spacial score (nSPS) is 12.8. The third-order valence-electron chi connectivity index (χ3n) is 17.7. The van der Waals surface area contributed by atoms with Crippen LogP contribution in [-0.2, 0) is 14.3 Å². The van der Waals surface area contributed by atoms with E-state index in [1.54, 1.807) is 6.08 Å². The first kappa shape index (κ1) is 83.6. The Labute approximate surface area is 537 Å². The highest BCUT2D eigenvalue weighted by Crippen LogP contribution is 2.19. The molecule has 0 rings (SSSR count). The molecular formula is C80H149NO5. The third kappa shape index (κ3) is 70.6. The molecule has 0 fully saturated rings. The fourth-order valence-electron chi connectivity index (χ4n) is 11.9. The van der Waals surface area contributed by atoms with Crippen LogP contribution in [0.5, 0.6) is 0 Å². The molecule has 0 aliphatic heterocycles. The van der Waals surface area contributed by atoms with E-state index in [9.17, 15) is 19.8 Å². The van der Waals surface area contributed by atoms with Gasteiger partial charge in [0.2, 0.25) is 5.91 Å². The predicted molar refractivity (Wildman–Crippen MR) is 379 cm³/mol. The Morgan fingerprint density at radius 3 is 0.930 bits per heavy atom. The zero-order valence-corrected chi connectivity index (χ0v) is 57.8. The maximum Gasteiger partial charge on any atom is 0.305 e. The van der Waals surface area contributed by atoms with Crippen molar-refractivity contribution in [2.45, 2.75) is 424 Å². The van der Waals surface area contributed by atoms with Crippen molar-refractivity contribution in [2.24, 2.45) is 0 Å². The van der Waals surface area contributed by atoms with Gasteiger partial charge in [-0.25, -0.2) is 0 Å². The molecule has 2 atom stereocenters. The highest BCUT2D eigenvalue weighted by Gasteiger charge is 2.18. The lowest BCUT2D eigenvalue weighted by atomic mass is 10.0. The maximum absolute atomic E-state index is 12.5. The minimum atomic E-state index is -0.843. The smallest absolute Gasteiger partial charge is 0.305 e. The molecule has 504 valence electrons. The Hall–Kier alpha value is -2.44. The number of allylic oxidation sites excluding steroid dienone is 9. The highest BCUT2D eigenvalue weighted by atomic mass is 16.5. The fraction of sp³-hybridized carbons (Fsp3) is 0.850. The SMILES string of the molecule is CCC/C=C\C/C=C\CCCCCCCC(=O)OCCCCCCCCCCCCCCCCC/C=C\C/C=C\CCCCCCCCCCCCCCCCCCCC(=O)NC(CO)C(O)/C=C/CCCCCCCCCCCCCCCCC. The molecule has 0 aromatic rings. The standard InChI is InChI=1S/C80H149NO5/c1-3-5-7-9-11-13-15-17-18-42-45-49-52-56-60-64-68-72-78(83)77(76-82)81-79(84)73-69-65-61-57-53-50-46-43-40-38-36-34-32-30-28-26-24-22-20-19-21-23-25-27-29-31-33-35-37-39-41-44-47-51-55-59-63-67-71-75-86-80(85)74-70-66-62-58-54-48-16-14-12-10-8-6-4-2/h8,10,14,16,19-20,23,25,68,72,77-78,82-83H,3-7,9,11-13,15,17-18,21-22,24,26-67,69-71,73-76H2,1-2H3,(H,81,84)/b10-8-,16-14-,20-19-,25-23-,72-68+. The summed E-state index contributed by atoms with van der Waals surface area (Å²) >= 11 is 0. The summed E-state index contributed by atoms with van der Waals surface area (Å²) in [7, 11) is 0. The molecule has 1 amide bonds. The first-order chi connectivity index (χ1) is 42.5. The van der Waals surface area contributed by atoms with Gasteiger partial charge in [0.25, 0.3) is 0 Å². The Morgan fingerprint density at radius 1 is 0.326 bits per heavy atom. The van der Waals surface area contributed by atoms with Gasteiger partial charge in [0.15, 0.2) is 0 Å². The van der Waals surface area contributed by atoms with Gasteiger partial charge in [0.05, 0.1) is 25.4 Å². The van der Waals surface area contributed by atoms with Gasteiger partial charge in [-0.05, 0) is 89.9 Å². The molecule has 0 aromatic heterocycles. The minimum absolute atomic E-state index is 0.00467. The zero-order chi connectivity index (χ0) is 62.0. The summed E-state index contributed by atoms with van der Waals surface area (Å²) in [6, 6.07) is -0.626. The number of ether oxygens (including phenoxy) is 1. The number of carbonyl (C=O) groups is 2. The Balaban J connectivity index is 3.37. The van der Waals surface area contributed by atoms with Crippen molar-refractivity contribution < 1.29 is 24.5 Å². The molecule has 3 N–H and O–H groups in total. The van der Waals surface area contributed by atoms with Crippen molar-refractivity contribution >= 4 is 11.9 Å². The first-order valence-corrected chi connectivity index (χ1v) is 38.6. The molecule has 0 radical (unpaired) electrons. The van der Waals surface area contributed by atoms with E-state index in [1.807, 2.05) is 6.08 Å². The molecule has 0 bridgehead atoms. The average molecular weight is 1210 g/mol. The molecule has 0 aromatic carbocycles. The van der Waals surface area contributed by atoms with E-state index in [2.05, 4.69) is 67.8 Å². The number of carbonyl (C=O) groups excluding carboxylic acids is 2. The summed E-state index contributed by atoms with van der Waals surface area (Å²) < 4.78 is 5.48. The van der Waals surface area contributed by atoms with Gasteiger partial charge < -0.3 is 20.3 Å². The Bertz CT molecular complexity index is 1480. The molecular weight excluding hydrogens is 1050 g/mol. The molecule has 2 unspecified atom stereocenters. The Morgan fingerprint density at radius 2 is 0.605 bits per heavy atom. The van der Waals surface area contributed by atoms with E-state index in [0.29, 0.717) is 19.4 Å². The molecule has 0 heterocycles. The van der Waals surface area contributed by atoms with E-state index >= 15 is 0 Å². The van der Waals surface area contributed by atoms with Crippen molar-refractivity contribution in [3.05, 3.63) is 60.8 Å². The lowest BCUT2D eigenvalue weighted by molar-refractivity contribution is -0.143. The van der Waals surface area contributed by atoms with Crippen LogP contribution < -0.4 is 5.32 Å². The van der Waals surface area contributed by atoms with Crippen molar-refractivity contribution in [2.75, 3.05) is 13.2 Å². The summed E-state index contributed by atoms with van der Waals surface area (Å²) in [5.74, 6) is -0.0575. The lowest BCUT2D eigenvalue weighted by Gasteiger charge is -2.20. The molecule has 86 heavy (non-hydrogen) atoms. The molecule has 0 aliphatic carbocycles. The summed E-state index contributed by atoms with van der Waals surface area (Å²) in [4.78, 5) is 24.6. The second kappa shape index (κ2) is 75.0. The number of unbranched alkanes of at least 4 members (excludes halogenated alkanes) is 53. The van der Waals surface area contributed by atoms with Crippen LogP contribution >= 0.6 is 0 Å². The number of hydrogen-bond acceptors (Lipinski definition) is 5. The minimum Gasteiger partial charge on any atom is -0.466 e. The molecule has 0 aliphatic rings. The number of esters is 1. The monoisotopic (exact) mass is 1200 g/mol. The molecule has 0 saturated carbocycles. The number of aliphatic hydroxyl groups is 2. The summed E-state index contributed by atoms with van der Waals surface area (Å²) in [6.07, 6.45) is 101. The van der Waals surface area contributed by atoms with Crippen molar-refractivity contribution in [1.82, 2.24) is 5.32 Å². The number of hydrogen-bond donors (Lipinski definition) is 3. The van der Waals surface area contributed by atoms with Crippen LogP contribution in [0, 0.1) is 0 Å². The van der Waals surface area contributed by atoms with Crippen LogP contribution in [0.15, 0.2) is 60.8 Å². The van der Waals surface area contributed by atoms with Crippen molar-refractivity contribution in [1.29, 1.82) is 0 Å². The second-order valence-electron chi connectivity index (χ2n) is 26.3. The van der Waals surface area contributed by atoms with Gasteiger partial charge >= 0.3 is 5.97 Å². The van der Waals surface area contributed by atoms with Crippen LogP contribution in [0.4, 0.5) is 0 Å². The summed E-state index contributed by atoms with van der Waals surface area (Å²) in [5.41, 5.74) is 0. The summed E-state index contributed by atoms with van der Waals surface area (Å²) in [5, 5.41) is 23.2. The lowest BCUT2D eigenvalue weighted by Crippen LogP contribution is -2.45. The van der Waals surface area contributed by atoms with Gasteiger partial charge in [-0.1, -0.05) is 370 Å². The number of amides is 1. The van der Waals surface area contributed by atoms with Crippen LogP contribution in [0.2, 0.25) is 0 Å². The van der Waals surface area contributed by atoms with Gasteiger partial charge in [0.1, 0.15) is 0 Å². The predicted octanol–water partition coefficient (Wildman–Crippen LogP) is 25.4. The zero-order valence-electron chi connectivity index (χ0n) is 57.8. The number of aliphatic hydroxyl groups excluding tert-OH is 2. The van der Waals surface area contributed by atoms with E-state index in [1.165, 1.54) is 327 Å². The second-order valence-corrected chi connectivity index (χ2v) is 26.3. The molecule has 6 nitrogen and oxygen atoms in total. The first-order valence-electron chi connectivity index (χ1n) is 38.6. The Kier molecular flexibility index (Phi) is 72.9. The van der Waals surface area contributed by atoms with Crippen LogP contribution in [0.3, 0.4) is 0 Å². The van der Waals surface area contributed by atoms with Gasteiger partial charge in [-0.2, -0.15) is 0 Å². The fourth-order valence-corrected chi connectivity index (χ4v) is 11.9. The number of rotatable bonds is 72. The molecule has 6 heteroatoms. The average Bonchev–Trinajstić information content (AvgIpc) is 3.59. The number of nitrogens with one attached hydrogen (secondary N) is 1. The van der Waals surface area contributed by atoms with Gasteiger partial charge in [-0.15, -0.1) is 0 Å². The van der Waals surface area contributed by atoms with Crippen LogP contribution in [0.25, 0.3) is 0 Å². The molecule has 0 saturated heterocycles. The maximum atomic E-state index is 12.5. The van der Waals surface area contributed by atoms with E-state index in [0.717, 1.165) is 57.8 Å². The van der Waals surface area contributed by atoms with Gasteiger partial charge in [-0.3, -0.25) is 9.59 Å². The summed E-state index contributed by atoms with van der Waals surface area (Å²) in [6.45, 7) is 4.86. The van der Waals surface area contributed by atoms with E-state index in [-0.39, 0.29) is 18.5 Å². The quantitative estimate of drug-likeness (QED) is 0.0320. The topological polar surface area (TPSA) is 95.9 Å². The van der Waals surface area contributed by atoms with Gasteiger partial charge in [0, 0.05) is 12.8 Å². The van der Waals surface area contributed by atoms with Crippen molar-refractivity contribution in [3.63, 3.8) is 0 Å². The van der Waals surface area contributed by atoms with E-state index in [4.69, 9.17) is 4.74 Å². The third-order valence-corrected chi connectivity index (χ3v) is 17.7. The van der Waals surface area contributed by atoms with Crippen LogP contribution in [-0.4, -0.2) is 47.4 Å². The molecule has 0 spiro atoms. The van der Waals surface area contributed by atoms with E-state index < -0.39 is 12.1 Å².